The van der Waals surface area contributed by atoms with E-state index in [4.69, 9.17) is 21.1 Å². The number of carbonyl (C=O) groups excluding carboxylic acids is 1. The highest BCUT2D eigenvalue weighted by molar-refractivity contribution is 6.30. The fourth-order valence-electron chi connectivity index (χ4n) is 1.40. The molecule has 0 unspecified atom stereocenters. The van der Waals surface area contributed by atoms with Gasteiger partial charge in [-0.1, -0.05) is 17.7 Å². The molecule has 1 aromatic rings. The molecule has 18 heavy (non-hydrogen) atoms. The molecule has 1 aromatic carbocycles. The van der Waals surface area contributed by atoms with Gasteiger partial charge in [0.05, 0.1) is 19.8 Å². The number of Topliss-reactive ketones (excluding diaryl/α,β-unsaturated/α-hetero) is 1. The summed E-state index contributed by atoms with van der Waals surface area (Å²) < 4.78 is 23.4. The lowest BCUT2D eigenvalue weighted by Crippen LogP contribution is -2.10. The summed E-state index contributed by atoms with van der Waals surface area (Å²) >= 11 is 5.63. The SMILES string of the molecule is COCCOCCC(=O)Cc1ccc(Cl)cc1F. The van der Waals surface area contributed by atoms with Gasteiger partial charge in [0.2, 0.25) is 0 Å². The molecule has 100 valence electrons. The van der Waals surface area contributed by atoms with Gasteiger partial charge in [-0.25, -0.2) is 4.39 Å². The second-order valence-corrected chi connectivity index (χ2v) is 4.24. The molecule has 5 heteroatoms. The van der Waals surface area contributed by atoms with Crippen LogP contribution in [0.2, 0.25) is 5.02 Å². The smallest absolute Gasteiger partial charge is 0.139 e. The summed E-state index contributed by atoms with van der Waals surface area (Å²) in [4.78, 5) is 11.6. The number of hydrogen-bond acceptors (Lipinski definition) is 3. The molecule has 0 atom stereocenters. The maximum Gasteiger partial charge on any atom is 0.139 e. The monoisotopic (exact) mass is 274 g/mol. The van der Waals surface area contributed by atoms with E-state index < -0.39 is 5.82 Å². The molecule has 0 aromatic heterocycles. The molecule has 1 rings (SSSR count). The first-order chi connectivity index (χ1) is 8.63. The average molecular weight is 275 g/mol. The summed E-state index contributed by atoms with van der Waals surface area (Å²) in [6.45, 7) is 1.29. The number of hydrogen-bond donors (Lipinski definition) is 0. The topological polar surface area (TPSA) is 35.5 Å². The lowest BCUT2D eigenvalue weighted by molar-refractivity contribution is -0.119. The number of rotatable bonds is 8. The van der Waals surface area contributed by atoms with Crippen LogP contribution < -0.4 is 0 Å². The third-order valence-electron chi connectivity index (χ3n) is 2.36. The van der Waals surface area contributed by atoms with Crippen molar-refractivity contribution in [3.8, 4) is 0 Å². The Labute approximate surface area is 111 Å². The van der Waals surface area contributed by atoms with Crippen molar-refractivity contribution < 1.29 is 18.7 Å². The van der Waals surface area contributed by atoms with Gasteiger partial charge in [0.25, 0.3) is 0 Å². The number of methoxy groups -OCH3 is 1. The fourth-order valence-corrected chi connectivity index (χ4v) is 1.55. The molecule has 0 amide bonds. The van der Waals surface area contributed by atoms with Crippen molar-refractivity contribution in [2.45, 2.75) is 12.8 Å². The zero-order chi connectivity index (χ0) is 13.4. The Balaban J connectivity index is 2.31. The largest absolute Gasteiger partial charge is 0.382 e. The minimum atomic E-state index is -0.448. The van der Waals surface area contributed by atoms with Gasteiger partial charge in [-0.15, -0.1) is 0 Å². The first-order valence-electron chi connectivity index (χ1n) is 5.66. The van der Waals surface area contributed by atoms with E-state index in [9.17, 15) is 9.18 Å². The Morgan fingerprint density at radius 1 is 1.33 bits per heavy atom. The molecule has 0 fully saturated rings. The molecule has 0 saturated carbocycles. The van der Waals surface area contributed by atoms with Gasteiger partial charge in [0.15, 0.2) is 0 Å². The Bertz CT molecular complexity index is 396. The van der Waals surface area contributed by atoms with Gasteiger partial charge in [-0.05, 0) is 17.7 Å². The second-order valence-electron chi connectivity index (χ2n) is 3.81. The minimum Gasteiger partial charge on any atom is -0.382 e. The molecule has 0 bridgehead atoms. The molecule has 0 spiro atoms. The third kappa shape index (κ3) is 5.58. The van der Waals surface area contributed by atoms with Gasteiger partial charge in [0.1, 0.15) is 11.6 Å². The number of benzene rings is 1. The van der Waals surface area contributed by atoms with Crippen molar-refractivity contribution in [3.05, 3.63) is 34.6 Å². The number of ether oxygens (including phenoxy) is 2. The first kappa shape index (κ1) is 15.1. The predicted octanol–water partition coefficient (Wildman–Crippen LogP) is 2.64. The second kappa shape index (κ2) is 8.19. The summed E-state index contributed by atoms with van der Waals surface area (Å²) in [7, 11) is 1.58. The van der Waals surface area contributed by atoms with Crippen molar-refractivity contribution in [1.82, 2.24) is 0 Å². The van der Waals surface area contributed by atoms with Crippen LogP contribution in [0, 0.1) is 5.82 Å². The zero-order valence-corrected chi connectivity index (χ0v) is 11.0. The molecular formula is C13H16ClFO3. The average Bonchev–Trinajstić information content (AvgIpc) is 2.32. The Kier molecular flexibility index (Phi) is 6.86. The van der Waals surface area contributed by atoms with Gasteiger partial charge in [-0.2, -0.15) is 0 Å². The molecule has 0 saturated heterocycles. The zero-order valence-electron chi connectivity index (χ0n) is 10.2. The highest BCUT2D eigenvalue weighted by Crippen LogP contribution is 2.15. The van der Waals surface area contributed by atoms with E-state index in [1.54, 1.807) is 13.2 Å². The summed E-state index contributed by atoms with van der Waals surface area (Å²) in [6.07, 6.45) is 0.336. The van der Waals surface area contributed by atoms with Crippen molar-refractivity contribution in [2.75, 3.05) is 26.9 Å². The molecule has 0 radical (unpaired) electrons. The quantitative estimate of drug-likeness (QED) is 0.684. The maximum atomic E-state index is 13.4. The molecule has 0 aliphatic carbocycles. The van der Waals surface area contributed by atoms with Crippen LogP contribution in [0.1, 0.15) is 12.0 Å². The van der Waals surface area contributed by atoms with E-state index in [0.29, 0.717) is 30.4 Å². The van der Waals surface area contributed by atoms with Crippen LogP contribution in [0.15, 0.2) is 18.2 Å². The van der Waals surface area contributed by atoms with E-state index in [2.05, 4.69) is 0 Å². The summed E-state index contributed by atoms with van der Waals surface area (Å²) in [5, 5.41) is 0.326. The highest BCUT2D eigenvalue weighted by Gasteiger charge is 2.08. The van der Waals surface area contributed by atoms with Gasteiger partial charge in [-0.3, -0.25) is 4.79 Å². The molecular weight excluding hydrogens is 259 g/mol. The fraction of sp³-hybridized carbons (Fsp3) is 0.462. The number of ketones is 1. The van der Waals surface area contributed by atoms with Crippen molar-refractivity contribution in [3.63, 3.8) is 0 Å². The van der Waals surface area contributed by atoms with E-state index in [1.807, 2.05) is 0 Å². The number of halogens is 2. The van der Waals surface area contributed by atoms with Gasteiger partial charge < -0.3 is 9.47 Å². The van der Waals surface area contributed by atoms with Crippen molar-refractivity contribution in [1.29, 1.82) is 0 Å². The van der Waals surface area contributed by atoms with E-state index in [-0.39, 0.29) is 18.6 Å². The third-order valence-corrected chi connectivity index (χ3v) is 2.59. The number of carbonyl (C=O) groups is 1. The first-order valence-corrected chi connectivity index (χ1v) is 6.03. The van der Waals surface area contributed by atoms with Crippen LogP contribution in [0.3, 0.4) is 0 Å². The van der Waals surface area contributed by atoms with E-state index >= 15 is 0 Å². The highest BCUT2D eigenvalue weighted by atomic mass is 35.5. The Morgan fingerprint density at radius 2 is 2.11 bits per heavy atom. The van der Waals surface area contributed by atoms with Crippen LogP contribution in [-0.2, 0) is 20.7 Å². The maximum absolute atomic E-state index is 13.4. The minimum absolute atomic E-state index is 0.0614. The lowest BCUT2D eigenvalue weighted by atomic mass is 10.1. The van der Waals surface area contributed by atoms with Crippen LogP contribution in [0.25, 0.3) is 0 Å². The Hall–Kier alpha value is -0.970. The van der Waals surface area contributed by atoms with E-state index in [1.165, 1.54) is 12.1 Å². The van der Waals surface area contributed by atoms with Gasteiger partial charge >= 0.3 is 0 Å². The van der Waals surface area contributed by atoms with Crippen molar-refractivity contribution >= 4 is 17.4 Å². The van der Waals surface area contributed by atoms with Gasteiger partial charge in [0, 0.05) is 25.0 Å². The van der Waals surface area contributed by atoms with Crippen LogP contribution in [0.5, 0.6) is 0 Å². The molecule has 0 heterocycles. The summed E-state index contributed by atoms with van der Waals surface area (Å²) in [6, 6.07) is 4.31. The van der Waals surface area contributed by atoms with Crippen LogP contribution in [-0.4, -0.2) is 32.7 Å². The summed E-state index contributed by atoms with van der Waals surface area (Å²) in [5.41, 5.74) is 0.362. The van der Waals surface area contributed by atoms with E-state index in [0.717, 1.165) is 0 Å². The predicted molar refractivity (Wildman–Crippen MR) is 67.4 cm³/mol. The Morgan fingerprint density at radius 3 is 2.78 bits per heavy atom. The standard InChI is InChI=1S/C13H16ClFO3/c1-17-6-7-18-5-4-12(16)8-10-2-3-11(14)9-13(10)15/h2-3,9H,4-8H2,1H3. The normalized spacial score (nSPS) is 10.6. The van der Waals surface area contributed by atoms with Crippen molar-refractivity contribution in [2.24, 2.45) is 0 Å². The lowest BCUT2D eigenvalue weighted by Gasteiger charge is -2.04. The summed E-state index contributed by atoms with van der Waals surface area (Å²) in [5.74, 6) is -0.509. The molecule has 0 aliphatic heterocycles. The van der Waals surface area contributed by atoms with Crippen LogP contribution in [0.4, 0.5) is 4.39 Å². The molecule has 0 N–H and O–H groups in total. The molecule has 0 aliphatic rings. The molecule has 3 nitrogen and oxygen atoms in total. The van der Waals surface area contributed by atoms with Crippen LogP contribution >= 0.6 is 11.6 Å².